The molecule has 0 saturated heterocycles. The molecular formula is C12H22O2. The van der Waals surface area contributed by atoms with E-state index in [0.29, 0.717) is 12.5 Å². The van der Waals surface area contributed by atoms with Crippen LogP contribution in [-0.2, 0) is 9.53 Å². The van der Waals surface area contributed by atoms with Crippen LogP contribution in [0.4, 0.5) is 0 Å². The molecule has 0 amide bonds. The first-order valence-electron chi connectivity index (χ1n) is 5.78. The maximum Gasteiger partial charge on any atom is 0.158 e. The summed E-state index contributed by atoms with van der Waals surface area (Å²) in [6, 6.07) is 0. The van der Waals surface area contributed by atoms with Crippen molar-refractivity contribution in [3.8, 4) is 0 Å². The molecular weight excluding hydrogens is 176 g/mol. The number of ether oxygens (including phenoxy) is 1. The molecule has 0 bridgehead atoms. The van der Waals surface area contributed by atoms with Gasteiger partial charge in [0.25, 0.3) is 0 Å². The number of Topliss-reactive ketones (excluding diaryl/α,β-unsaturated/α-hetero) is 1. The zero-order chi connectivity index (χ0) is 10.4. The van der Waals surface area contributed by atoms with Gasteiger partial charge in [0.05, 0.1) is 0 Å². The average Bonchev–Trinajstić information content (AvgIpc) is 2.19. The second-order valence-electron chi connectivity index (χ2n) is 4.39. The summed E-state index contributed by atoms with van der Waals surface area (Å²) in [5.74, 6) is 1.69. The summed E-state index contributed by atoms with van der Waals surface area (Å²) in [6.45, 7) is 2.54. The van der Waals surface area contributed by atoms with Crippen LogP contribution in [-0.4, -0.2) is 19.5 Å². The Balaban J connectivity index is 2.36. The van der Waals surface area contributed by atoms with E-state index in [1.807, 2.05) is 0 Å². The van der Waals surface area contributed by atoms with Gasteiger partial charge < -0.3 is 4.74 Å². The fraction of sp³-hybridized carbons (Fsp3) is 0.917. The second-order valence-corrected chi connectivity index (χ2v) is 4.39. The van der Waals surface area contributed by atoms with Gasteiger partial charge in [-0.05, 0) is 18.3 Å². The minimum atomic E-state index is 0.276. The summed E-state index contributed by atoms with van der Waals surface area (Å²) < 4.78 is 4.86. The smallest absolute Gasteiger partial charge is 0.158 e. The minimum Gasteiger partial charge on any atom is -0.377 e. The summed E-state index contributed by atoms with van der Waals surface area (Å²) in [6.07, 6.45) is 7.20. The molecule has 0 aromatic carbocycles. The monoisotopic (exact) mass is 198 g/mol. The minimum absolute atomic E-state index is 0.276. The topological polar surface area (TPSA) is 26.3 Å². The molecule has 1 fully saturated rings. The first-order valence-corrected chi connectivity index (χ1v) is 5.78. The van der Waals surface area contributed by atoms with Gasteiger partial charge in [0.15, 0.2) is 5.78 Å². The fourth-order valence-corrected chi connectivity index (χ4v) is 2.60. The third-order valence-corrected chi connectivity index (χ3v) is 3.39. The highest BCUT2D eigenvalue weighted by Crippen LogP contribution is 2.34. The van der Waals surface area contributed by atoms with E-state index in [1.54, 1.807) is 7.11 Å². The Labute approximate surface area is 87.0 Å². The SMILES string of the molecule is CCC1CCCCC1CC(=O)COC. The van der Waals surface area contributed by atoms with Crippen LogP contribution in [0.3, 0.4) is 0 Å². The van der Waals surface area contributed by atoms with Crippen LogP contribution in [0.1, 0.15) is 45.4 Å². The Bertz CT molecular complexity index is 177. The van der Waals surface area contributed by atoms with Crippen molar-refractivity contribution in [1.29, 1.82) is 0 Å². The van der Waals surface area contributed by atoms with Gasteiger partial charge in [-0.25, -0.2) is 0 Å². The van der Waals surface area contributed by atoms with E-state index < -0.39 is 0 Å². The van der Waals surface area contributed by atoms with E-state index in [0.717, 1.165) is 12.3 Å². The summed E-state index contributed by atoms with van der Waals surface area (Å²) >= 11 is 0. The summed E-state index contributed by atoms with van der Waals surface area (Å²) in [5.41, 5.74) is 0. The standard InChI is InChI=1S/C12H22O2/c1-3-10-6-4-5-7-11(10)8-12(13)9-14-2/h10-11H,3-9H2,1-2H3. The molecule has 2 heteroatoms. The molecule has 0 radical (unpaired) electrons. The maximum atomic E-state index is 11.4. The van der Waals surface area contributed by atoms with Crippen molar-refractivity contribution in [2.45, 2.75) is 45.4 Å². The summed E-state index contributed by atoms with van der Waals surface area (Å²) in [5, 5.41) is 0. The normalized spacial score (nSPS) is 27.6. The number of ketones is 1. The van der Waals surface area contributed by atoms with Crippen molar-refractivity contribution in [1.82, 2.24) is 0 Å². The first-order chi connectivity index (χ1) is 6.77. The zero-order valence-electron chi connectivity index (χ0n) is 9.42. The van der Waals surface area contributed by atoms with E-state index in [9.17, 15) is 4.79 Å². The van der Waals surface area contributed by atoms with Gasteiger partial charge in [-0.2, -0.15) is 0 Å². The Hall–Kier alpha value is -0.370. The molecule has 1 aliphatic carbocycles. The quantitative estimate of drug-likeness (QED) is 0.679. The van der Waals surface area contributed by atoms with Gasteiger partial charge in [-0.1, -0.05) is 32.6 Å². The van der Waals surface area contributed by atoms with Gasteiger partial charge in [-0.3, -0.25) is 4.79 Å². The lowest BCUT2D eigenvalue weighted by Gasteiger charge is -2.30. The number of methoxy groups -OCH3 is 1. The maximum absolute atomic E-state index is 11.4. The van der Waals surface area contributed by atoms with Crippen molar-refractivity contribution >= 4 is 5.78 Å². The molecule has 0 aliphatic heterocycles. The van der Waals surface area contributed by atoms with E-state index in [1.165, 1.54) is 32.1 Å². The van der Waals surface area contributed by atoms with Crippen molar-refractivity contribution in [3.63, 3.8) is 0 Å². The highest BCUT2D eigenvalue weighted by atomic mass is 16.5. The van der Waals surface area contributed by atoms with Crippen LogP contribution < -0.4 is 0 Å². The zero-order valence-corrected chi connectivity index (χ0v) is 9.42. The van der Waals surface area contributed by atoms with Gasteiger partial charge in [0, 0.05) is 13.5 Å². The first kappa shape index (κ1) is 11.7. The van der Waals surface area contributed by atoms with Crippen molar-refractivity contribution in [2.75, 3.05) is 13.7 Å². The van der Waals surface area contributed by atoms with Gasteiger partial charge >= 0.3 is 0 Å². The molecule has 1 aliphatic rings. The largest absolute Gasteiger partial charge is 0.377 e. The van der Waals surface area contributed by atoms with E-state index in [4.69, 9.17) is 4.74 Å². The summed E-state index contributed by atoms with van der Waals surface area (Å²) in [7, 11) is 1.59. The van der Waals surface area contributed by atoms with E-state index in [-0.39, 0.29) is 5.78 Å². The van der Waals surface area contributed by atoms with Crippen molar-refractivity contribution in [3.05, 3.63) is 0 Å². The molecule has 82 valence electrons. The number of rotatable bonds is 5. The Morgan fingerprint density at radius 1 is 1.29 bits per heavy atom. The molecule has 1 saturated carbocycles. The molecule has 0 heterocycles. The van der Waals surface area contributed by atoms with E-state index in [2.05, 4.69) is 6.92 Å². The van der Waals surface area contributed by atoms with Crippen molar-refractivity contribution < 1.29 is 9.53 Å². The van der Waals surface area contributed by atoms with E-state index >= 15 is 0 Å². The third-order valence-electron chi connectivity index (χ3n) is 3.39. The highest BCUT2D eigenvalue weighted by molar-refractivity contribution is 5.79. The van der Waals surface area contributed by atoms with Gasteiger partial charge in [0.1, 0.15) is 6.61 Å². The van der Waals surface area contributed by atoms with Crippen LogP contribution in [0.15, 0.2) is 0 Å². The Morgan fingerprint density at radius 2 is 1.93 bits per heavy atom. The molecule has 0 aromatic rings. The average molecular weight is 198 g/mol. The number of carbonyl (C=O) groups is 1. The number of hydrogen-bond acceptors (Lipinski definition) is 2. The molecule has 1 rings (SSSR count). The lowest BCUT2D eigenvalue weighted by Crippen LogP contribution is -2.23. The van der Waals surface area contributed by atoms with Gasteiger partial charge in [-0.15, -0.1) is 0 Å². The predicted molar refractivity (Wildman–Crippen MR) is 57.2 cm³/mol. The van der Waals surface area contributed by atoms with Gasteiger partial charge in [0.2, 0.25) is 0 Å². The molecule has 2 unspecified atom stereocenters. The molecule has 0 aromatic heterocycles. The number of carbonyl (C=O) groups excluding carboxylic acids is 1. The van der Waals surface area contributed by atoms with Crippen LogP contribution >= 0.6 is 0 Å². The Kier molecular flexibility index (Phi) is 5.16. The van der Waals surface area contributed by atoms with Crippen molar-refractivity contribution in [2.24, 2.45) is 11.8 Å². The lowest BCUT2D eigenvalue weighted by atomic mass is 9.75. The van der Waals surface area contributed by atoms with Crippen LogP contribution in [0.5, 0.6) is 0 Å². The highest BCUT2D eigenvalue weighted by Gasteiger charge is 2.25. The molecule has 2 atom stereocenters. The fourth-order valence-electron chi connectivity index (χ4n) is 2.60. The van der Waals surface area contributed by atoms with Crippen LogP contribution in [0, 0.1) is 11.8 Å². The molecule has 14 heavy (non-hydrogen) atoms. The Morgan fingerprint density at radius 3 is 2.50 bits per heavy atom. The third kappa shape index (κ3) is 3.41. The molecule has 2 nitrogen and oxygen atoms in total. The van der Waals surface area contributed by atoms with Crippen LogP contribution in [0.25, 0.3) is 0 Å². The second kappa shape index (κ2) is 6.18. The lowest BCUT2D eigenvalue weighted by molar-refractivity contribution is -0.124. The summed E-state index contributed by atoms with van der Waals surface area (Å²) in [4.78, 5) is 11.4. The number of hydrogen-bond donors (Lipinski definition) is 0. The molecule has 0 N–H and O–H groups in total. The molecule has 0 spiro atoms. The predicted octanol–water partition coefficient (Wildman–Crippen LogP) is 2.81. The van der Waals surface area contributed by atoms with Crippen LogP contribution in [0.2, 0.25) is 0 Å².